The summed E-state index contributed by atoms with van der Waals surface area (Å²) in [6.07, 6.45) is 3.40. The summed E-state index contributed by atoms with van der Waals surface area (Å²) in [6.45, 7) is 1.84. The Bertz CT molecular complexity index is 671. The van der Waals surface area contributed by atoms with Gasteiger partial charge < -0.3 is 9.47 Å². The molecule has 3 aliphatic heterocycles. The number of rotatable bonds is 2. The number of anilines is 1. The molecule has 0 aliphatic carbocycles. The first-order chi connectivity index (χ1) is 10.0. The van der Waals surface area contributed by atoms with Crippen LogP contribution in [0.25, 0.3) is 0 Å². The predicted octanol–water partition coefficient (Wildman–Crippen LogP) is 0.318. The number of carbonyl (C=O) groups is 2. The fraction of sp³-hybridized carbons (Fsp3) is 0.429. The van der Waals surface area contributed by atoms with Crippen LogP contribution in [0.3, 0.4) is 0 Å². The number of hydrogen-bond donors (Lipinski definition) is 0. The molecule has 7 nitrogen and oxygen atoms in total. The van der Waals surface area contributed by atoms with Crippen LogP contribution in [0.4, 0.5) is 5.82 Å². The minimum absolute atomic E-state index is 0.225. The van der Waals surface area contributed by atoms with Gasteiger partial charge in [-0.1, -0.05) is 12.2 Å². The van der Waals surface area contributed by atoms with Crippen LogP contribution in [0.2, 0.25) is 0 Å². The summed E-state index contributed by atoms with van der Waals surface area (Å²) in [5.74, 6) is -0.945. The smallest absolute Gasteiger partial charge is 0.242 e. The van der Waals surface area contributed by atoms with Gasteiger partial charge in [0.05, 0.1) is 30.7 Å². The Labute approximate surface area is 120 Å². The van der Waals surface area contributed by atoms with Crippen LogP contribution in [0.15, 0.2) is 24.3 Å². The minimum atomic E-state index is -0.698. The summed E-state index contributed by atoms with van der Waals surface area (Å²) in [5, 5.41) is 7.71. The molecule has 3 aliphatic rings. The summed E-state index contributed by atoms with van der Waals surface area (Å²) in [7, 11) is 1.47. The van der Waals surface area contributed by atoms with Gasteiger partial charge in [-0.05, 0) is 13.0 Å². The topological polar surface area (TPSA) is 81.6 Å². The van der Waals surface area contributed by atoms with Crippen molar-refractivity contribution in [2.75, 3.05) is 12.0 Å². The van der Waals surface area contributed by atoms with Crippen molar-refractivity contribution in [1.29, 1.82) is 0 Å². The van der Waals surface area contributed by atoms with Gasteiger partial charge in [-0.3, -0.25) is 9.59 Å². The Morgan fingerprint density at radius 3 is 2.71 bits per heavy atom. The zero-order valence-corrected chi connectivity index (χ0v) is 11.5. The molecule has 7 heteroatoms. The number of imide groups is 1. The zero-order valence-electron chi connectivity index (χ0n) is 11.5. The molecule has 21 heavy (non-hydrogen) atoms. The second-order valence-corrected chi connectivity index (χ2v) is 5.57. The highest BCUT2D eigenvalue weighted by Gasteiger charge is 2.66. The first-order valence-corrected chi connectivity index (χ1v) is 6.68. The van der Waals surface area contributed by atoms with E-state index < -0.39 is 17.4 Å². The Hall–Kier alpha value is -2.28. The molecule has 0 saturated carbocycles. The van der Waals surface area contributed by atoms with Gasteiger partial charge in [-0.15, -0.1) is 10.2 Å². The highest BCUT2D eigenvalue weighted by molar-refractivity contribution is 6.22. The Morgan fingerprint density at radius 1 is 1.29 bits per heavy atom. The average molecular weight is 287 g/mol. The Kier molecular flexibility index (Phi) is 2.30. The second-order valence-electron chi connectivity index (χ2n) is 5.57. The van der Waals surface area contributed by atoms with Crippen molar-refractivity contribution >= 4 is 17.6 Å². The van der Waals surface area contributed by atoms with E-state index in [0.29, 0.717) is 5.88 Å². The highest BCUT2D eigenvalue weighted by Crippen LogP contribution is 2.51. The van der Waals surface area contributed by atoms with E-state index in [1.807, 2.05) is 19.1 Å². The molecule has 2 saturated heterocycles. The lowest BCUT2D eigenvalue weighted by Crippen LogP contribution is -2.39. The lowest BCUT2D eigenvalue weighted by Gasteiger charge is -2.23. The largest absolute Gasteiger partial charge is 0.480 e. The molecule has 0 spiro atoms. The molecule has 4 atom stereocenters. The van der Waals surface area contributed by atoms with E-state index >= 15 is 0 Å². The molecule has 2 amide bonds. The molecule has 4 rings (SSSR count). The maximum atomic E-state index is 12.6. The van der Waals surface area contributed by atoms with Crippen LogP contribution in [0, 0.1) is 11.8 Å². The van der Waals surface area contributed by atoms with Crippen molar-refractivity contribution in [2.24, 2.45) is 11.8 Å². The monoisotopic (exact) mass is 287 g/mol. The second kappa shape index (κ2) is 3.88. The molecule has 108 valence electrons. The third kappa shape index (κ3) is 1.46. The van der Waals surface area contributed by atoms with Crippen LogP contribution in [-0.4, -0.2) is 40.8 Å². The van der Waals surface area contributed by atoms with Crippen LogP contribution in [0.1, 0.15) is 6.92 Å². The van der Waals surface area contributed by atoms with Gasteiger partial charge in [-0.2, -0.15) is 0 Å². The van der Waals surface area contributed by atoms with Crippen molar-refractivity contribution < 1.29 is 19.1 Å². The van der Waals surface area contributed by atoms with E-state index in [1.165, 1.54) is 7.11 Å². The molecule has 1 aromatic heterocycles. The third-order valence-corrected chi connectivity index (χ3v) is 4.39. The Morgan fingerprint density at radius 2 is 2.10 bits per heavy atom. The summed E-state index contributed by atoms with van der Waals surface area (Å²) in [5.41, 5.74) is -0.698. The van der Waals surface area contributed by atoms with Crippen molar-refractivity contribution in [1.82, 2.24) is 10.2 Å². The van der Waals surface area contributed by atoms with E-state index in [-0.39, 0.29) is 23.7 Å². The maximum absolute atomic E-state index is 12.6. The zero-order chi connectivity index (χ0) is 14.8. The highest BCUT2D eigenvalue weighted by atomic mass is 16.5. The number of nitrogens with zero attached hydrogens (tertiary/aromatic N) is 3. The summed E-state index contributed by atoms with van der Waals surface area (Å²) in [6, 6.07) is 3.13. The van der Waals surface area contributed by atoms with E-state index in [4.69, 9.17) is 9.47 Å². The molecular weight excluding hydrogens is 274 g/mol. The molecule has 2 fully saturated rings. The number of ether oxygens (including phenoxy) is 2. The van der Waals surface area contributed by atoms with Crippen LogP contribution in [0.5, 0.6) is 5.88 Å². The van der Waals surface area contributed by atoms with Gasteiger partial charge in [0.25, 0.3) is 0 Å². The number of aromatic nitrogens is 2. The first-order valence-electron chi connectivity index (χ1n) is 6.68. The van der Waals surface area contributed by atoms with Crippen LogP contribution >= 0.6 is 0 Å². The fourth-order valence-electron chi connectivity index (χ4n) is 3.42. The third-order valence-electron chi connectivity index (χ3n) is 4.39. The summed E-state index contributed by atoms with van der Waals surface area (Å²) >= 11 is 0. The van der Waals surface area contributed by atoms with Gasteiger partial charge in [0.2, 0.25) is 17.7 Å². The van der Waals surface area contributed by atoms with Crippen LogP contribution < -0.4 is 9.64 Å². The molecule has 1 aromatic rings. The van der Waals surface area contributed by atoms with Gasteiger partial charge in [0.1, 0.15) is 0 Å². The number of fused-ring (bicyclic) bond motifs is 5. The molecule has 0 unspecified atom stereocenters. The molecular formula is C14H13N3O4. The lowest BCUT2D eigenvalue weighted by molar-refractivity contribution is -0.126. The molecule has 0 radical (unpaired) electrons. The van der Waals surface area contributed by atoms with Crippen molar-refractivity contribution in [2.45, 2.75) is 18.6 Å². The Balaban J connectivity index is 1.72. The number of hydrogen-bond acceptors (Lipinski definition) is 6. The average Bonchev–Trinajstić information content (AvgIpc) is 3.09. The fourth-order valence-corrected chi connectivity index (χ4v) is 3.42. The van der Waals surface area contributed by atoms with Gasteiger partial charge >= 0.3 is 0 Å². The lowest BCUT2D eigenvalue weighted by atomic mass is 9.78. The van der Waals surface area contributed by atoms with E-state index in [0.717, 1.165) is 4.90 Å². The number of amides is 2. The minimum Gasteiger partial charge on any atom is -0.480 e. The standard InChI is InChI=1S/C14H13N3O4/c1-14-6-5-7(21-14)10-11(14)13(19)17(12(10)18)8-3-4-9(20-2)16-15-8/h3-7,10-11H,1-2H3/t7-,10-,11-,14-/m1/s1. The molecule has 0 aromatic carbocycles. The van der Waals surface area contributed by atoms with Gasteiger partial charge in [-0.25, -0.2) is 4.90 Å². The quantitative estimate of drug-likeness (QED) is 0.575. The van der Waals surface area contributed by atoms with E-state index in [9.17, 15) is 9.59 Å². The van der Waals surface area contributed by atoms with Crippen molar-refractivity contribution in [3.8, 4) is 5.88 Å². The van der Waals surface area contributed by atoms with Gasteiger partial charge in [0.15, 0.2) is 5.82 Å². The van der Waals surface area contributed by atoms with E-state index in [1.54, 1.807) is 12.1 Å². The molecule has 4 heterocycles. The SMILES string of the molecule is COc1ccc(N2C(=O)[C@@H]3[C@H]4C=C[C@@](C)(O4)[C@H]3C2=O)nn1. The predicted molar refractivity (Wildman–Crippen MR) is 70.5 cm³/mol. The normalized spacial score (nSPS) is 36.5. The summed E-state index contributed by atoms with van der Waals surface area (Å²) in [4.78, 5) is 26.3. The van der Waals surface area contributed by atoms with E-state index in [2.05, 4.69) is 10.2 Å². The van der Waals surface area contributed by atoms with Crippen molar-refractivity contribution in [3.05, 3.63) is 24.3 Å². The summed E-state index contributed by atoms with van der Waals surface area (Å²) < 4.78 is 10.7. The number of methoxy groups -OCH3 is 1. The van der Waals surface area contributed by atoms with Crippen LogP contribution in [-0.2, 0) is 14.3 Å². The maximum Gasteiger partial charge on any atom is 0.242 e. The molecule has 0 N–H and O–H groups in total. The molecule has 2 bridgehead atoms. The van der Waals surface area contributed by atoms with Gasteiger partial charge in [0, 0.05) is 6.07 Å². The number of carbonyl (C=O) groups excluding carboxylic acids is 2. The first kappa shape index (κ1) is 12.5. The van der Waals surface area contributed by atoms with Crippen molar-refractivity contribution in [3.63, 3.8) is 0 Å².